The molecular weight excluding hydrogens is 418 g/mol. The van der Waals surface area contributed by atoms with Crippen molar-refractivity contribution in [1.82, 2.24) is 30.2 Å². The quantitative estimate of drug-likeness (QED) is 0.552. The molecule has 4 rings (SSSR count). The Bertz CT molecular complexity index is 1010. The average molecular weight is 442 g/mol. The van der Waals surface area contributed by atoms with Gasteiger partial charge in [0.25, 0.3) is 0 Å². The van der Waals surface area contributed by atoms with Gasteiger partial charge in [-0.3, -0.25) is 14.5 Å². The second-order valence-electron chi connectivity index (χ2n) is 7.00. The first-order valence-corrected chi connectivity index (χ1v) is 10.8. The van der Waals surface area contributed by atoms with Gasteiger partial charge in [0.1, 0.15) is 5.82 Å². The summed E-state index contributed by atoms with van der Waals surface area (Å²) in [5.41, 5.74) is 0.765. The van der Waals surface area contributed by atoms with Gasteiger partial charge in [-0.2, -0.15) is 14.9 Å². The molecule has 0 radical (unpaired) electrons. The van der Waals surface area contributed by atoms with Crippen molar-refractivity contribution < 1.29 is 14.3 Å². The molecule has 1 atom stereocenters. The van der Waals surface area contributed by atoms with Gasteiger partial charge in [0, 0.05) is 30.6 Å². The number of thiophene rings is 1. The fraction of sp³-hybridized carbons (Fsp3) is 0.350. The lowest BCUT2D eigenvalue weighted by atomic mass is 10.2. The van der Waals surface area contributed by atoms with Gasteiger partial charge in [-0.15, -0.1) is 16.4 Å². The standard InChI is InChI=1S/C20H23N7O3S/c1-14-4-5-18(25-24-14)27-17(6-7-22-27)23-20(29)19(28)21-13-15(16-3-2-12-31-16)26-8-10-30-11-9-26/h2-7,12,15H,8-11,13H2,1H3,(H,21,28)(H,23,29)/t15-/m1/s1. The monoisotopic (exact) mass is 441 g/mol. The molecule has 0 spiro atoms. The van der Waals surface area contributed by atoms with Crippen LogP contribution in [0.2, 0.25) is 0 Å². The number of nitrogens with one attached hydrogen (secondary N) is 2. The summed E-state index contributed by atoms with van der Waals surface area (Å²) in [6.45, 7) is 5.02. The van der Waals surface area contributed by atoms with E-state index in [0.717, 1.165) is 23.7 Å². The molecule has 31 heavy (non-hydrogen) atoms. The third-order valence-corrected chi connectivity index (χ3v) is 5.88. The Morgan fingerprint density at radius 3 is 2.71 bits per heavy atom. The molecule has 3 aromatic heterocycles. The fourth-order valence-corrected chi connectivity index (χ4v) is 4.17. The van der Waals surface area contributed by atoms with E-state index in [1.54, 1.807) is 29.5 Å². The Balaban J connectivity index is 1.39. The molecule has 10 nitrogen and oxygen atoms in total. The van der Waals surface area contributed by atoms with E-state index in [-0.39, 0.29) is 6.04 Å². The Morgan fingerprint density at radius 1 is 1.16 bits per heavy atom. The van der Waals surface area contributed by atoms with Crippen LogP contribution in [0.3, 0.4) is 0 Å². The van der Waals surface area contributed by atoms with E-state index in [9.17, 15) is 9.59 Å². The topological polar surface area (TPSA) is 114 Å². The number of aryl methyl sites for hydroxylation is 1. The fourth-order valence-electron chi connectivity index (χ4n) is 3.31. The van der Waals surface area contributed by atoms with Gasteiger partial charge in [0.15, 0.2) is 5.82 Å². The number of rotatable bonds is 6. The minimum absolute atomic E-state index is 0.00555. The number of ether oxygens (including phenoxy) is 1. The van der Waals surface area contributed by atoms with Crippen molar-refractivity contribution in [3.05, 3.63) is 52.5 Å². The van der Waals surface area contributed by atoms with Crippen molar-refractivity contribution in [2.75, 3.05) is 38.2 Å². The molecule has 1 fully saturated rings. The number of carbonyl (C=O) groups excluding carboxylic acids is 2. The van der Waals surface area contributed by atoms with Crippen molar-refractivity contribution in [2.45, 2.75) is 13.0 Å². The molecule has 0 saturated carbocycles. The summed E-state index contributed by atoms with van der Waals surface area (Å²) in [5, 5.41) is 19.6. The van der Waals surface area contributed by atoms with E-state index in [1.807, 2.05) is 24.4 Å². The summed E-state index contributed by atoms with van der Waals surface area (Å²) in [5.74, 6) is -0.705. The number of nitrogens with zero attached hydrogens (tertiary/aromatic N) is 5. The normalized spacial score (nSPS) is 15.4. The lowest BCUT2D eigenvalue weighted by Crippen LogP contribution is -2.45. The van der Waals surface area contributed by atoms with Gasteiger partial charge in [-0.1, -0.05) is 6.07 Å². The average Bonchev–Trinajstić information content (AvgIpc) is 3.48. The Morgan fingerprint density at radius 2 is 2.00 bits per heavy atom. The number of morpholine rings is 1. The van der Waals surface area contributed by atoms with Crippen LogP contribution < -0.4 is 10.6 Å². The largest absolute Gasteiger partial charge is 0.379 e. The molecule has 0 aliphatic carbocycles. The maximum absolute atomic E-state index is 12.5. The van der Waals surface area contributed by atoms with Crippen molar-refractivity contribution in [3.63, 3.8) is 0 Å². The van der Waals surface area contributed by atoms with Crippen LogP contribution in [-0.2, 0) is 14.3 Å². The van der Waals surface area contributed by atoms with Gasteiger partial charge in [0.2, 0.25) is 0 Å². The highest BCUT2D eigenvalue weighted by Crippen LogP contribution is 2.25. The molecule has 2 amide bonds. The smallest absolute Gasteiger partial charge is 0.314 e. The predicted molar refractivity (Wildman–Crippen MR) is 115 cm³/mol. The van der Waals surface area contributed by atoms with Crippen molar-refractivity contribution in [3.8, 4) is 5.82 Å². The van der Waals surface area contributed by atoms with E-state index in [0.29, 0.717) is 31.4 Å². The first-order chi connectivity index (χ1) is 15.1. The highest BCUT2D eigenvalue weighted by Gasteiger charge is 2.25. The van der Waals surface area contributed by atoms with Crippen LogP contribution >= 0.6 is 11.3 Å². The predicted octanol–water partition coefficient (Wildman–Crippen LogP) is 1.16. The summed E-state index contributed by atoms with van der Waals surface area (Å²) in [6, 6.07) is 9.14. The third-order valence-electron chi connectivity index (χ3n) is 4.91. The van der Waals surface area contributed by atoms with Crippen LogP contribution in [-0.4, -0.2) is 69.5 Å². The first kappa shape index (κ1) is 21.1. The zero-order valence-corrected chi connectivity index (χ0v) is 17.8. The molecule has 11 heteroatoms. The van der Waals surface area contributed by atoms with Crippen LogP contribution in [0.15, 0.2) is 41.9 Å². The molecule has 0 unspecified atom stereocenters. The molecule has 3 aromatic rings. The molecule has 0 aromatic carbocycles. The van der Waals surface area contributed by atoms with Crippen LogP contribution in [0.1, 0.15) is 16.6 Å². The number of hydrogen-bond donors (Lipinski definition) is 2. The summed E-state index contributed by atoms with van der Waals surface area (Å²) >= 11 is 1.63. The number of anilines is 1. The van der Waals surface area contributed by atoms with Gasteiger partial charge in [-0.05, 0) is 30.5 Å². The lowest BCUT2D eigenvalue weighted by molar-refractivity contribution is -0.136. The van der Waals surface area contributed by atoms with Crippen LogP contribution in [0.4, 0.5) is 5.82 Å². The summed E-state index contributed by atoms with van der Waals surface area (Å²) in [7, 11) is 0. The van der Waals surface area contributed by atoms with E-state index in [4.69, 9.17) is 4.74 Å². The van der Waals surface area contributed by atoms with Crippen LogP contribution in [0.25, 0.3) is 5.82 Å². The third kappa shape index (κ3) is 5.13. The molecule has 162 valence electrons. The minimum atomic E-state index is -0.770. The van der Waals surface area contributed by atoms with E-state index >= 15 is 0 Å². The van der Waals surface area contributed by atoms with E-state index in [2.05, 4.69) is 30.8 Å². The zero-order chi connectivity index (χ0) is 21.6. The summed E-state index contributed by atoms with van der Waals surface area (Å²) < 4.78 is 6.85. The number of aromatic nitrogens is 4. The number of amides is 2. The summed E-state index contributed by atoms with van der Waals surface area (Å²) in [4.78, 5) is 28.4. The molecule has 2 N–H and O–H groups in total. The van der Waals surface area contributed by atoms with Gasteiger partial charge in [0.05, 0.1) is 31.1 Å². The molecule has 4 heterocycles. The van der Waals surface area contributed by atoms with E-state index in [1.165, 1.54) is 10.9 Å². The number of carbonyl (C=O) groups is 2. The molecule has 1 aliphatic heterocycles. The highest BCUT2D eigenvalue weighted by atomic mass is 32.1. The van der Waals surface area contributed by atoms with Gasteiger partial charge < -0.3 is 15.4 Å². The molecule has 1 aliphatic rings. The molecule has 1 saturated heterocycles. The van der Waals surface area contributed by atoms with Crippen molar-refractivity contribution in [2.24, 2.45) is 0 Å². The van der Waals surface area contributed by atoms with Crippen molar-refractivity contribution >= 4 is 29.0 Å². The molecular formula is C20H23N7O3S. The van der Waals surface area contributed by atoms with Gasteiger partial charge in [-0.25, -0.2) is 0 Å². The Labute approximate surface area is 183 Å². The van der Waals surface area contributed by atoms with Crippen LogP contribution in [0.5, 0.6) is 0 Å². The lowest BCUT2D eigenvalue weighted by Gasteiger charge is -2.34. The van der Waals surface area contributed by atoms with Crippen molar-refractivity contribution in [1.29, 1.82) is 0 Å². The maximum atomic E-state index is 12.5. The van der Waals surface area contributed by atoms with Crippen LogP contribution in [0, 0.1) is 6.92 Å². The first-order valence-electron chi connectivity index (χ1n) is 9.91. The Kier molecular flexibility index (Phi) is 6.65. The van der Waals surface area contributed by atoms with Gasteiger partial charge >= 0.3 is 11.8 Å². The number of hydrogen-bond acceptors (Lipinski definition) is 8. The minimum Gasteiger partial charge on any atom is -0.379 e. The highest BCUT2D eigenvalue weighted by molar-refractivity contribution is 7.10. The SMILES string of the molecule is Cc1ccc(-n2nccc2NC(=O)C(=O)NC[C@H](c2cccs2)N2CCOCC2)nn1. The van der Waals surface area contributed by atoms with E-state index < -0.39 is 11.8 Å². The zero-order valence-electron chi connectivity index (χ0n) is 17.0. The Hall–Kier alpha value is -3.15. The second-order valence-corrected chi connectivity index (χ2v) is 7.98. The second kappa shape index (κ2) is 9.77. The maximum Gasteiger partial charge on any atom is 0.314 e. The molecule has 0 bridgehead atoms. The summed E-state index contributed by atoms with van der Waals surface area (Å²) in [6.07, 6.45) is 1.51.